The van der Waals surface area contributed by atoms with Gasteiger partial charge in [-0.2, -0.15) is 13.2 Å². The van der Waals surface area contributed by atoms with Crippen LogP contribution in [0, 0.1) is 5.92 Å². The van der Waals surface area contributed by atoms with E-state index in [4.69, 9.17) is 0 Å². The van der Waals surface area contributed by atoms with Crippen LogP contribution in [0.3, 0.4) is 0 Å². The summed E-state index contributed by atoms with van der Waals surface area (Å²) in [5, 5.41) is 17.7. The Balaban J connectivity index is 1.51. The summed E-state index contributed by atoms with van der Waals surface area (Å²) < 4.78 is 43.0. The van der Waals surface area contributed by atoms with E-state index in [-0.39, 0.29) is 28.7 Å². The summed E-state index contributed by atoms with van der Waals surface area (Å²) in [6.45, 7) is 1.46. The number of hydrogen-bond acceptors (Lipinski definition) is 4. The fourth-order valence-electron chi connectivity index (χ4n) is 5.55. The molecule has 0 radical (unpaired) electrons. The van der Waals surface area contributed by atoms with Crippen molar-refractivity contribution in [3.8, 4) is 0 Å². The minimum absolute atomic E-state index is 0.00431. The molecule has 1 saturated carbocycles. The van der Waals surface area contributed by atoms with Crippen LogP contribution in [0.4, 0.5) is 18.9 Å². The number of nitrogens with zero attached hydrogens (tertiary/aromatic N) is 4. The molecule has 1 fully saturated rings. The summed E-state index contributed by atoms with van der Waals surface area (Å²) in [5.74, 6) is 0.923. The van der Waals surface area contributed by atoms with Crippen molar-refractivity contribution in [1.82, 2.24) is 14.8 Å². The fraction of sp³-hybridized carbons (Fsp3) is 0.400. The summed E-state index contributed by atoms with van der Waals surface area (Å²) in [5.41, 5.74) is 0.596. The average molecular weight is 470 g/mol. The fourth-order valence-corrected chi connectivity index (χ4v) is 5.55. The summed E-state index contributed by atoms with van der Waals surface area (Å²) in [7, 11) is 1.90. The van der Waals surface area contributed by atoms with Crippen molar-refractivity contribution < 1.29 is 23.1 Å². The molecule has 0 saturated heterocycles. The molecular formula is C25H25F3N4O2. The number of carbonyl (C=O) groups excluding carboxylic acids is 1. The SMILES string of the molecule is Cn1cnnc1C[C@]1(c2cccc(N3Cc4c(cc(CO)cc4C(F)(F)F)C3=O)c2)C[C@H](C)C1. The van der Waals surface area contributed by atoms with E-state index in [1.54, 1.807) is 12.4 Å². The maximum atomic E-state index is 13.7. The molecule has 0 bridgehead atoms. The molecule has 1 N–H and O–H groups in total. The summed E-state index contributed by atoms with van der Waals surface area (Å²) in [4.78, 5) is 14.6. The van der Waals surface area contributed by atoms with E-state index in [1.165, 1.54) is 11.0 Å². The number of anilines is 1. The second-order valence-electron chi connectivity index (χ2n) is 9.60. The van der Waals surface area contributed by atoms with E-state index in [1.807, 2.05) is 29.8 Å². The van der Waals surface area contributed by atoms with Crippen LogP contribution in [0.5, 0.6) is 0 Å². The highest BCUT2D eigenvalue weighted by molar-refractivity contribution is 6.10. The molecule has 178 valence electrons. The second-order valence-corrected chi connectivity index (χ2v) is 9.60. The van der Waals surface area contributed by atoms with Gasteiger partial charge in [0.25, 0.3) is 5.91 Å². The molecule has 2 aliphatic rings. The molecule has 34 heavy (non-hydrogen) atoms. The molecule has 2 heterocycles. The third kappa shape index (κ3) is 3.68. The first-order valence-electron chi connectivity index (χ1n) is 11.2. The highest BCUT2D eigenvalue weighted by Crippen LogP contribution is 2.50. The number of aliphatic hydroxyl groups is 1. The standard InChI is InChI=1S/C25H25F3N4O2/c1-15-9-24(10-15,11-22-30-29-14-31(22)2)17-4-3-5-18(8-17)32-12-20-19(23(32)34)6-16(13-33)7-21(20)25(26,27)28/h3-8,14-15,33H,9-13H2,1-2H3/t15-,24-. The molecule has 9 heteroatoms. The van der Waals surface area contributed by atoms with E-state index in [9.17, 15) is 23.1 Å². The van der Waals surface area contributed by atoms with E-state index in [0.717, 1.165) is 30.3 Å². The molecule has 1 aliphatic carbocycles. The topological polar surface area (TPSA) is 71.2 Å². The maximum Gasteiger partial charge on any atom is 0.416 e. The highest BCUT2D eigenvalue weighted by Gasteiger charge is 2.45. The number of aromatic nitrogens is 3. The lowest BCUT2D eigenvalue weighted by molar-refractivity contribution is -0.138. The molecule has 1 aliphatic heterocycles. The predicted molar refractivity (Wildman–Crippen MR) is 119 cm³/mol. The van der Waals surface area contributed by atoms with Crippen LogP contribution in [-0.2, 0) is 38.2 Å². The highest BCUT2D eigenvalue weighted by atomic mass is 19.4. The molecule has 6 nitrogen and oxygen atoms in total. The minimum atomic E-state index is -4.62. The third-order valence-corrected chi connectivity index (χ3v) is 7.14. The first-order valence-corrected chi connectivity index (χ1v) is 11.2. The van der Waals surface area contributed by atoms with Gasteiger partial charge in [-0.15, -0.1) is 10.2 Å². The largest absolute Gasteiger partial charge is 0.416 e. The first kappa shape index (κ1) is 22.6. The number of alkyl halides is 3. The van der Waals surface area contributed by atoms with Gasteiger partial charge < -0.3 is 14.6 Å². The molecule has 5 rings (SSSR count). The van der Waals surface area contributed by atoms with Crippen molar-refractivity contribution >= 4 is 11.6 Å². The molecule has 3 aromatic rings. The van der Waals surface area contributed by atoms with Crippen LogP contribution in [0.15, 0.2) is 42.7 Å². The molecule has 0 spiro atoms. The van der Waals surface area contributed by atoms with Gasteiger partial charge in [0, 0.05) is 30.1 Å². The zero-order valence-electron chi connectivity index (χ0n) is 18.9. The van der Waals surface area contributed by atoms with Gasteiger partial charge >= 0.3 is 6.18 Å². The van der Waals surface area contributed by atoms with Crippen LogP contribution in [0.25, 0.3) is 0 Å². The van der Waals surface area contributed by atoms with Gasteiger partial charge in [-0.1, -0.05) is 19.1 Å². The van der Waals surface area contributed by atoms with Crippen molar-refractivity contribution in [2.75, 3.05) is 4.90 Å². The van der Waals surface area contributed by atoms with Crippen LogP contribution >= 0.6 is 0 Å². The Bertz CT molecular complexity index is 1260. The smallest absolute Gasteiger partial charge is 0.392 e. The number of carbonyl (C=O) groups is 1. The lowest BCUT2D eigenvalue weighted by Gasteiger charge is -2.47. The lowest BCUT2D eigenvalue weighted by atomic mass is 9.57. The van der Waals surface area contributed by atoms with Crippen molar-refractivity contribution in [1.29, 1.82) is 0 Å². The number of halogens is 3. The molecule has 0 atom stereocenters. The minimum Gasteiger partial charge on any atom is -0.392 e. The van der Waals surface area contributed by atoms with Gasteiger partial charge in [0.05, 0.1) is 18.7 Å². The molecule has 0 unspecified atom stereocenters. The van der Waals surface area contributed by atoms with Gasteiger partial charge in [-0.25, -0.2) is 0 Å². The summed E-state index contributed by atoms with van der Waals surface area (Å²) >= 11 is 0. The number of amides is 1. The normalized spacial score (nSPS) is 22.1. The van der Waals surface area contributed by atoms with Gasteiger partial charge in [-0.3, -0.25) is 4.79 Å². The molecule has 1 amide bonds. The Labute approximate surface area is 195 Å². The van der Waals surface area contributed by atoms with Crippen molar-refractivity contribution in [3.63, 3.8) is 0 Å². The van der Waals surface area contributed by atoms with Crippen LogP contribution in [0.1, 0.15) is 58.2 Å². The summed E-state index contributed by atoms with van der Waals surface area (Å²) in [6, 6.07) is 9.84. The number of aryl methyl sites for hydroxylation is 1. The Morgan fingerprint density at radius 1 is 1.21 bits per heavy atom. The Kier molecular flexibility index (Phi) is 5.27. The van der Waals surface area contributed by atoms with Gasteiger partial charge in [0.2, 0.25) is 0 Å². The number of benzene rings is 2. The average Bonchev–Trinajstić information content (AvgIpc) is 3.33. The van der Waals surface area contributed by atoms with Gasteiger partial charge in [0.15, 0.2) is 0 Å². The summed E-state index contributed by atoms with van der Waals surface area (Å²) in [6.07, 6.45) is -0.342. The van der Waals surface area contributed by atoms with E-state index in [2.05, 4.69) is 17.1 Å². The lowest BCUT2D eigenvalue weighted by Crippen LogP contribution is -2.42. The van der Waals surface area contributed by atoms with Crippen molar-refractivity contribution in [3.05, 3.63) is 76.4 Å². The molecule has 1 aromatic heterocycles. The first-order chi connectivity index (χ1) is 16.1. The molecular weight excluding hydrogens is 445 g/mol. The predicted octanol–water partition coefficient (Wildman–Crippen LogP) is 4.40. The number of rotatable bonds is 5. The Morgan fingerprint density at radius 3 is 2.59 bits per heavy atom. The maximum absolute atomic E-state index is 13.7. The number of hydrogen-bond donors (Lipinski definition) is 1. The molecule has 2 aromatic carbocycles. The van der Waals surface area contributed by atoms with Gasteiger partial charge in [0.1, 0.15) is 12.2 Å². The second kappa shape index (κ2) is 7.94. The quantitative estimate of drug-likeness (QED) is 0.600. The van der Waals surface area contributed by atoms with Crippen LogP contribution in [-0.4, -0.2) is 25.8 Å². The Morgan fingerprint density at radius 2 is 1.97 bits per heavy atom. The third-order valence-electron chi connectivity index (χ3n) is 7.14. The van der Waals surface area contributed by atoms with E-state index in [0.29, 0.717) is 18.0 Å². The van der Waals surface area contributed by atoms with Crippen LogP contribution < -0.4 is 4.90 Å². The van der Waals surface area contributed by atoms with Crippen molar-refractivity contribution in [2.24, 2.45) is 13.0 Å². The van der Waals surface area contributed by atoms with Crippen molar-refractivity contribution in [2.45, 2.75) is 50.9 Å². The number of aliphatic hydroxyl groups excluding tert-OH is 1. The Hall–Kier alpha value is -3.20. The van der Waals surface area contributed by atoms with E-state index >= 15 is 0 Å². The van der Waals surface area contributed by atoms with E-state index < -0.39 is 24.3 Å². The zero-order chi connectivity index (χ0) is 24.3. The monoisotopic (exact) mass is 470 g/mol. The number of fused-ring (bicyclic) bond motifs is 1. The van der Waals surface area contributed by atoms with Crippen LogP contribution in [0.2, 0.25) is 0 Å². The van der Waals surface area contributed by atoms with Gasteiger partial charge in [-0.05, 0) is 59.7 Å². The zero-order valence-corrected chi connectivity index (χ0v) is 18.9.